The van der Waals surface area contributed by atoms with E-state index in [2.05, 4.69) is 9.62 Å². The van der Waals surface area contributed by atoms with Crippen LogP contribution < -0.4 is 10.5 Å². The number of sulfonamides is 1. The van der Waals surface area contributed by atoms with Gasteiger partial charge in [-0.1, -0.05) is 19.9 Å². The van der Waals surface area contributed by atoms with Crippen LogP contribution in [-0.2, 0) is 10.0 Å². The number of benzene rings is 1. The fourth-order valence-electron chi connectivity index (χ4n) is 1.78. The Morgan fingerprint density at radius 2 is 1.95 bits per heavy atom. The van der Waals surface area contributed by atoms with Crippen molar-refractivity contribution in [3.8, 4) is 0 Å². The summed E-state index contributed by atoms with van der Waals surface area (Å²) in [7, 11) is -3.61. The number of carbonyl (C=O) groups is 1. The van der Waals surface area contributed by atoms with Crippen molar-refractivity contribution in [2.45, 2.75) is 18.7 Å². The van der Waals surface area contributed by atoms with Gasteiger partial charge in [0.05, 0.1) is 4.90 Å². The summed E-state index contributed by atoms with van der Waals surface area (Å²) < 4.78 is 26.7. The number of rotatable bonds is 8. The topological polar surface area (TPSA) is 92.5 Å². The third-order valence-electron chi connectivity index (χ3n) is 3.04. The van der Waals surface area contributed by atoms with E-state index >= 15 is 0 Å². The van der Waals surface area contributed by atoms with Crippen LogP contribution in [0, 0.1) is 0 Å². The summed E-state index contributed by atoms with van der Waals surface area (Å²) in [6.45, 7) is 6.75. The molecule has 0 saturated heterocycles. The molecule has 0 atom stereocenters. The number of hydrogen-bond acceptors (Lipinski definition) is 4. The van der Waals surface area contributed by atoms with Gasteiger partial charge in [0.2, 0.25) is 15.9 Å². The van der Waals surface area contributed by atoms with Gasteiger partial charge in [-0.3, -0.25) is 4.79 Å². The lowest BCUT2D eigenvalue weighted by Gasteiger charge is -2.18. The number of primary amides is 1. The average molecular weight is 299 g/mol. The predicted octanol–water partition coefficient (Wildman–Crippen LogP) is 0.406. The lowest BCUT2D eigenvalue weighted by atomic mass is 10.2. The van der Waals surface area contributed by atoms with Crippen LogP contribution >= 0.6 is 0 Å². The summed E-state index contributed by atoms with van der Waals surface area (Å²) >= 11 is 0. The Kier molecular flexibility index (Phi) is 6.12. The van der Waals surface area contributed by atoms with Crippen LogP contribution in [0.15, 0.2) is 29.2 Å². The molecule has 6 nitrogen and oxygen atoms in total. The van der Waals surface area contributed by atoms with E-state index in [0.29, 0.717) is 13.1 Å². The maximum atomic E-state index is 12.1. The number of hydrogen-bond donors (Lipinski definition) is 2. The molecule has 0 fully saturated rings. The van der Waals surface area contributed by atoms with Crippen molar-refractivity contribution < 1.29 is 13.2 Å². The quantitative estimate of drug-likeness (QED) is 0.727. The van der Waals surface area contributed by atoms with Crippen LogP contribution in [0.25, 0.3) is 0 Å². The number of nitrogens with one attached hydrogen (secondary N) is 1. The fourth-order valence-corrected chi connectivity index (χ4v) is 2.84. The van der Waals surface area contributed by atoms with Gasteiger partial charge in [-0.25, -0.2) is 13.1 Å². The van der Waals surface area contributed by atoms with Crippen molar-refractivity contribution in [1.82, 2.24) is 9.62 Å². The number of likely N-dealkylation sites (N-methyl/N-ethyl adjacent to an activating group) is 1. The highest BCUT2D eigenvalue weighted by Crippen LogP contribution is 2.10. The first-order chi connectivity index (χ1) is 9.40. The first-order valence-electron chi connectivity index (χ1n) is 6.52. The molecule has 0 aliphatic rings. The van der Waals surface area contributed by atoms with Crippen molar-refractivity contribution in [1.29, 1.82) is 0 Å². The maximum Gasteiger partial charge on any atom is 0.248 e. The van der Waals surface area contributed by atoms with Crippen LogP contribution in [0.3, 0.4) is 0 Å². The molecule has 1 aromatic rings. The van der Waals surface area contributed by atoms with E-state index in [9.17, 15) is 13.2 Å². The Balaban J connectivity index is 2.74. The highest BCUT2D eigenvalue weighted by atomic mass is 32.2. The molecule has 0 aliphatic heterocycles. The first kappa shape index (κ1) is 16.6. The van der Waals surface area contributed by atoms with Crippen molar-refractivity contribution in [2.24, 2.45) is 5.73 Å². The average Bonchev–Trinajstić information content (AvgIpc) is 2.43. The van der Waals surface area contributed by atoms with Gasteiger partial charge in [-0.2, -0.15) is 0 Å². The lowest BCUT2D eigenvalue weighted by molar-refractivity contribution is 0.1000. The van der Waals surface area contributed by atoms with Crippen LogP contribution in [0.1, 0.15) is 24.2 Å². The van der Waals surface area contributed by atoms with E-state index < -0.39 is 15.9 Å². The van der Waals surface area contributed by atoms with E-state index in [1.807, 2.05) is 13.8 Å². The van der Waals surface area contributed by atoms with E-state index in [1.165, 1.54) is 24.3 Å². The zero-order valence-electron chi connectivity index (χ0n) is 11.8. The summed E-state index contributed by atoms with van der Waals surface area (Å²) in [4.78, 5) is 13.2. The van der Waals surface area contributed by atoms with Gasteiger partial charge in [-0.15, -0.1) is 0 Å². The highest BCUT2D eigenvalue weighted by molar-refractivity contribution is 7.89. The van der Waals surface area contributed by atoms with Gasteiger partial charge < -0.3 is 10.6 Å². The van der Waals surface area contributed by atoms with Crippen LogP contribution in [0.2, 0.25) is 0 Å². The summed E-state index contributed by atoms with van der Waals surface area (Å²) in [6.07, 6.45) is 0. The summed E-state index contributed by atoms with van der Waals surface area (Å²) in [5.74, 6) is -0.648. The summed E-state index contributed by atoms with van der Waals surface area (Å²) in [5.41, 5.74) is 5.32. The highest BCUT2D eigenvalue weighted by Gasteiger charge is 2.15. The molecule has 1 amide bonds. The van der Waals surface area contributed by atoms with Crippen LogP contribution in [0.4, 0.5) is 0 Å². The molecule has 0 aromatic heterocycles. The second-order valence-corrected chi connectivity index (χ2v) is 6.08. The third-order valence-corrected chi connectivity index (χ3v) is 4.50. The number of nitrogens with zero attached hydrogens (tertiary/aromatic N) is 1. The lowest BCUT2D eigenvalue weighted by Crippen LogP contribution is -2.34. The third kappa shape index (κ3) is 4.59. The predicted molar refractivity (Wildman–Crippen MR) is 77.9 cm³/mol. The molecule has 0 saturated carbocycles. The van der Waals surface area contributed by atoms with Crippen LogP contribution in [-0.4, -0.2) is 45.4 Å². The summed E-state index contributed by atoms with van der Waals surface area (Å²) in [6, 6.07) is 5.70. The van der Waals surface area contributed by atoms with Crippen LogP contribution in [0.5, 0.6) is 0 Å². The van der Waals surface area contributed by atoms with Crippen molar-refractivity contribution in [3.05, 3.63) is 29.8 Å². The van der Waals surface area contributed by atoms with E-state index in [4.69, 9.17) is 5.73 Å². The SMILES string of the molecule is CCN(CC)CCNS(=O)(=O)c1cccc(C(N)=O)c1. The first-order valence-corrected chi connectivity index (χ1v) is 8.01. The molecular weight excluding hydrogens is 278 g/mol. The van der Waals surface area contributed by atoms with Gasteiger partial charge in [-0.05, 0) is 31.3 Å². The summed E-state index contributed by atoms with van der Waals surface area (Å²) in [5, 5.41) is 0. The standard InChI is InChI=1S/C13H21N3O3S/c1-3-16(4-2)9-8-15-20(18,19)12-7-5-6-11(10-12)13(14)17/h5-7,10,15H,3-4,8-9H2,1-2H3,(H2,14,17). The van der Waals surface area contributed by atoms with Crippen molar-refractivity contribution in [3.63, 3.8) is 0 Å². The molecule has 0 radical (unpaired) electrons. The normalized spacial score (nSPS) is 11.8. The van der Waals surface area contributed by atoms with Gasteiger partial charge in [0.15, 0.2) is 0 Å². The minimum absolute atomic E-state index is 0.0494. The molecule has 3 N–H and O–H groups in total. The van der Waals surface area contributed by atoms with Gasteiger partial charge >= 0.3 is 0 Å². The Labute approximate surface area is 120 Å². The van der Waals surface area contributed by atoms with Gasteiger partial charge in [0.1, 0.15) is 0 Å². The van der Waals surface area contributed by atoms with Gasteiger partial charge in [0, 0.05) is 18.7 Å². The molecule has 1 aromatic carbocycles. The largest absolute Gasteiger partial charge is 0.366 e. The maximum absolute atomic E-state index is 12.1. The Bertz CT molecular complexity index is 554. The number of nitrogens with two attached hydrogens (primary N) is 1. The molecule has 0 heterocycles. The second-order valence-electron chi connectivity index (χ2n) is 4.32. The molecule has 0 unspecified atom stereocenters. The number of amides is 1. The molecule has 1 rings (SSSR count). The Morgan fingerprint density at radius 1 is 1.30 bits per heavy atom. The van der Waals surface area contributed by atoms with E-state index in [-0.39, 0.29) is 10.5 Å². The zero-order valence-corrected chi connectivity index (χ0v) is 12.6. The second kappa shape index (κ2) is 7.37. The molecule has 0 aliphatic carbocycles. The van der Waals surface area contributed by atoms with E-state index in [0.717, 1.165) is 13.1 Å². The Hall–Kier alpha value is -1.44. The van der Waals surface area contributed by atoms with E-state index in [1.54, 1.807) is 0 Å². The van der Waals surface area contributed by atoms with Crippen molar-refractivity contribution in [2.75, 3.05) is 26.2 Å². The minimum Gasteiger partial charge on any atom is -0.366 e. The smallest absolute Gasteiger partial charge is 0.248 e. The fraction of sp³-hybridized carbons (Fsp3) is 0.462. The molecule has 112 valence electrons. The number of carbonyl (C=O) groups excluding carboxylic acids is 1. The van der Waals surface area contributed by atoms with Gasteiger partial charge in [0.25, 0.3) is 0 Å². The monoisotopic (exact) mass is 299 g/mol. The minimum atomic E-state index is -3.61. The van der Waals surface area contributed by atoms with Crippen molar-refractivity contribution >= 4 is 15.9 Å². The molecule has 20 heavy (non-hydrogen) atoms. The molecular formula is C13H21N3O3S. The molecule has 0 spiro atoms. The Morgan fingerprint density at radius 3 is 2.50 bits per heavy atom. The molecule has 0 bridgehead atoms. The molecule has 7 heteroatoms. The zero-order chi connectivity index (χ0) is 15.2.